The van der Waals surface area contributed by atoms with Gasteiger partial charge in [-0.05, 0) is 17.0 Å². The molecule has 1 fully saturated rings. The Labute approximate surface area is 147 Å². The van der Waals surface area contributed by atoms with E-state index in [9.17, 15) is 9.59 Å². The van der Waals surface area contributed by atoms with Gasteiger partial charge in [0.1, 0.15) is 0 Å². The lowest BCUT2D eigenvalue weighted by Gasteiger charge is -2.15. The van der Waals surface area contributed by atoms with Crippen LogP contribution < -0.4 is 5.32 Å². The lowest BCUT2D eigenvalue weighted by molar-refractivity contribution is -0.125. The average Bonchev–Trinajstić information content (AvgIpc) is 2.97. The van der Waals surface area contributed by atoms with Crippen LogP contribution in [-0.4, -0.2) is 17.8 Å². The SMILES string of the molecule is CC(C)[C@@H]1O/C(=C/C(=O)C(c2ccccc2)c2ccccc2)NC1=O. The van der Waals surface area contributed by atoms with Crippen molar-refractivity contribution in [1.82, 2.24) is 5.32 Å². The van der Waals surface area contributed by atoms with Gasteiger partial charge in [0.2, 0.25) is 0 Å². The van der Waals surface area contributed by atoms with E-state index in [1.54, 1.807) is 0 Å². The highest BCUT2D eigenvalue weighted by Crippen LogP contribution is 2.27. The number of carbonyl (C=O) groups is 2. The van der Waals surface area contributed by atoms with E-state index in [1.807, 2.05) is 74.5 Å². The summed E-state index contributed by atoms with van der Waals surface area (Å²) in [6, 6.07) is 19.2. The Hall–Kier alpha value is -2.88. The summed E-state index contributed by atoms with van der Waals surface area (Å²) in [4.78, 5) is 24.9. The van der Waals surface area contributed by atoms with Gasteiger partial charge in [0, 0.05) is 6.08 Å². The molecule has 1 aliphatic heterocycles. The van der Waals surface area contributed by atoms with Crippen molar-refractivity contribution in [1.29, 1.82) is 0 Å². The maximum absolute atomic E-state index is 13.0. The van der Waals surface area contributed by atoms with Crippen LogP contribution in [0.5, 0.6) is 0 Å². The molecule has 25 heavy (non-hydrogen) atoms. The summed E-state index contributed by atoms with van der Waals surface area (Å²) in [5, 5.41) is 2.65. The molecule has 1 saturated heterocycles. The third-order valence-electron chi connectivity index (χ3n) is 4.19. The van der Waals surface area contributed by atoms with Crippen LogP contribution in [0.15, 0.2) is 72.6 Å². The Morgan fingerprint density at radius 3 is 1.96 bits per heavy atom. The molecule has 0 saturated carbocycles. The summed E-state index contributed by atoms with van der Waals surface area (Å²) in [5.41, 5.74) is 1.81. The molecule has 2 aromatic rings. The molecule has 3 rings (SSSR count). The second-order valence-corrected chi connectivity index (χ2v) is 6.44. The minimum Gasteiger partial charge on any atom is -0.465 e. The third-order valence-corrected chi connectivity index (χ3v) is 4.19. The van der Waals surface area contributed by atoms with Gasteiger partial charge in [0.15, 0.2) is 17.8 Å². The molecule has 1 N–H and O–H groups in total. The topological polar surface area (TPSA) is 55.4 Å². The zero-order valence-electron chi connectivity index (χ0n) is 14.3. The highest BCUT2D eigenvalue weighted by atomic mass is 16.5. The minimum absolute atomic E-state index is 0.0417. The van der Waals surface area contributed by atoms with Gasteiger partial charge in [-0.1, -0.05) is 74.5 Å². The van der Waals surface area contributed by atoms with E-state index in [0.717, 1.165) is 11.1 Å². The lowest BCUT2D eigenvalue weighted by Crippen LogP contribution is -2.27. The quantitative estimate of drug-likeness (QED) is 0.852. The summed E-state index contributed by atoms with van der Waals surface area (Å²) >= 11 is 0. The van der Waals surface area contributed by atoms with E-state index in [-0.39, 0.29) is 23.5 Å². The molecule has 1 amide bonds. The summed E-state index contributed by atoms with van der Waals surface area (Å²) in [5.74, 6) is -0.499. The van der Waals surface area contributed by atoms with Crippen LogP contribution in [-0.2, 0) is 14.3 Å². The summed E-state index contributed by atoms with van der Waals surface area (Å²) in [6.45, 7) is 3.82. The Morgan fingerprint density at radius 2 is 1.52 bits per heavy atom. The summed E-state index contributed by atoms with van der Waals surface area (Å²) in [7, 11) is 0. The van der Waals surface area contributed by atoms with Crippen molar-refractivity contribution in [3.63, 3.8) is 0 Å². The van der Waals surface area contributed by atoms with Crippen LogP contribution in [0.2, 0.25) is 0 Å². The number of carbonyl (C=O) groups excluding carboxylic acids is 2. The minimum atomic E-state index is -0.550. The number of ether oxygens (including phenoxy) is 1. The van der Waals surface area contributed by atoms with Crippen molar-refractivity contribution >= 4 is 11.7 Å². The highest BCUT2D eigenvalue weighted by molar-refractivity contribution is 5.99. The average molecular weight is 335 g/mol. The first-order valence-corrected chi connectivity index (χ1v) is 8.39. The third kappa shape index (κ3) is 3.79. The molecule has 1 aliphatic rings. The molecule has 0 radical (unpaired) electrons. The second kappa shape index (κ2) is 7.34. The number of hydrogen-bond donors (Lipinski definition) is 1. The maximum Gasteiger partial charge on any atom is 0.268 e. The van der Waals surface area contributed by atoms with E-state index in [0.29, 0.717) is 0 Å². The molecule has 1 atom stereocenters. The van der Waals surface area contributed by atoms with Crippen molar-refractivity contribution in [2.45, 2.75) is 25.9 Å². The van der Waals surface area contributed by atoms with E-state index < -0.39 is 12.0 Å². The zero-order valence-corrected chi connectivity index (χ0v) is 14.3. The van der Waals surface area contributed by atoms with Gasteiger partial charge < -0.3 is 4.74 Å². The molecule has 0 unspecified atom stereocenters. The number of allylic oxidation sites excluding steroid dienone is 1. The van der Waals surface area contributed by atoms with Crippen LogP contribution >= 0.6 is 0 Å². The molecule has 4 nitrogen and oxygen atoms in total. The summed E-state index contributed by atoms with van der Waals surface area (Å²) in [6.07, 6.45) is 0.844. The maximum atomic E-state index is 13.0. The highest BCUT2D eigenvalue weighted by Gasteiger charge is 2.33. The Balaban J connectivity index is 1.91. The molecule has 4 heteroatoms. The fraction of sp³-hybridized carbons (Fsp3) is 0.238. The fourth-order valence-corrected chi connectivity index (χ4v) is 2.95. The molecule has 0 aromatic heterocycles. The second-order valence-electron chi connectivity index (χ2n) is 6.44. The fourth-order valence-electron chi connectivity index (χ4n) is 2.95. The van der Waals surface area contributed by atoms with Crippen LogP contribution in [0, 0.1) is 5.92 Å². The Morgan fingerprint density at radius 1 is 1.00 bits per heavy atom. The first-order chi connectivity index (χ1) is 12.1. The molecule has 0 aliphatic carbocycles. The van der Waals surface area contributed by atoms with Crippen LogP contribution in [0.1, 0.15) is 30.9 Å². The molecule has 128 valence electrons. The number of benzene rings is 2. The monoisotopic (exact) mass is 335 g/mol. The van der Waals surface area contributed by atoms with Crippen molar-refractivity contribution in [3.8, 4) is 0 Å². The Kier molecular flexibility index (Phi) is 4.98. The van der Waals surface area contributed by atoms with Crippen molar-refractivity contribution < 1.29 is 14.3 Å². The largest absolute Gasteiger partial charge is 0.465 e. The first-order valence-electron chi connectivity index (χ1n) is 8.39. The molecule has 0 spiro atoms. The van der Waals surface area contributed by atoms with E-state index in [4.69, 9.17) is 4.74 Å². The number of ketones is 1. The van der Waals surface area contributed by atoms with Crippen molar-refractivity contribution in [2.24, 2.45) is 5.92 Å². The molecule has 1 heterocycles. The van der Waals surface area contributed by atoms with Gasteiger partial charge >= 0.3 is 0 Å². The van der Waals surface area contributed by atoms with E-state index in [2.05, 4.69) is 5.32 Å². The van der Waals surface area contributed by atoms with Crippen LogP contribution in [0.25, 0.3) is 0 Å². The van der Waals surface area contributed by atoms with E-state index in [1.165, 1.54) is 6.08 Å². The van der Waals surface area contributed by atoms with Gasteiger partial charge in [0.25, 0.3) is 5.91 Å². The van der Waals surface area contributed by atoms with Crippen molar-refractivity contribution in [3.05, 3.63) is 83.7 Å². The first kappa shape index (κ1) is 17.0. The van der Waals surface area contributed by atoms with E-state index >= 15 is 0 Å². The molecule has 0 bridgehead atoms. The van der Waals surface area contributed by atoms with Gasteiger partial charge in [0.05, 0.1) is 5.92 Å². The number of rotatable bonds is 5. The Bertz CT molecular complexity index is 742. The lowest BCUT2D eigenvalue weighted by atomic mass is 9.87. The summed E-state index contributed by atoms with van der Waals surface area (Å²) < 4.78 is 5.61. The standard InChI is InChI=1S/C21H21NO3/c1-14(2)20-21(24)22-18(25-20)13-17(23)19(15-9-5-3-6-10-15)16-11-7-4-8-12-16/h3-14,19-20H,1-2H3,(H,22,24)/b18-13+/t20-/m0/s1. The van der Waals surface area contributed by atoms with Gasteiger partial charge in [-0.2, -0.15) is 0 Å². The number of amides is 1. The van der Waals surface area contributed by atoms with Crippen LogP contribution in [0.4, 0.5) is 0 Å². The van der Waals surface area contributed by atoms with Gasteiger partial charge in [-0.15, -0.1) is 0 Å². The molecular weight excluding hydrogens is 314 g/mol. The molecular formula is C21H21NO3. The zero-order chi connectivity index (χ0) is 17.8. The molecule has 2 aromatic carbocycles. The smallest absolute Gasteiger partial charge is 0.268 e. The predicted octanol–water partition coefficient (Wildman–Crippen LogP) is 3.40. The normalized spacial score (nSPS) is 18.5. The number of nitrogens with one attached hydrogen (secondary N) is 1. The van der Waals surface area contributed by atoms with Gasteiger partial charge in [-0.25, -0.2) is 0 Å². The predicted molar refractivity (Wildman–Crippen MR) is 95.7 cm³/mol. The van der Waals surface area contributed by atoms with Crippen molar-refractivity contribution in [2.75, 3.05) is 0 Å². The van der Waals surface area contributed by atoms with Crippen LogP contribution in [0.3, 0.4) is 0 Å². The number of hydrogen-bond acceptors (Lipinski definition) is 3. The van der Waals surface area contributed by atoms with Gasteiger partial charge in [-0.3, -0.25) is 14.9 Å².